The molecule has 19 heavy (non-hydrogen) atoms. The molecule has 0 bridgehead atoms. The number of amidine groups is 1. The molecule has 2 rings (SSSR count). The Morgan fingerprint density at radius 3 is 2.26 bits per heavy atom. The van der Waals surface area contributed by atoms with Gasteiger partial charge < -0.3 is 10.9 Å². The summed E-state index contributed by atoms with van der Waals surface area (Å²) < 4.78 is 49.1. The number of oxime groups is 1. The molecule has 0 heterocycles. The van der Waals surface area contributed by atoms with E-state index in [0.29, 0.717) is 0 Å². The maximum Gasteiger partial charge on any atom is 0.266 e. The largest absolute Gasteiger partial charge is 0.409 e. The molecule has 104 valence electrons. The zero-order valence-electron chi connectivity index (χ0n) is 9.49. The predicted molar refractivity (Wildman–Crippen MR) is 62.4 cm³/mol. The molecule has 1 saturated carbocycles. The van der Waals surface area contributed by atoms with Gasteiger partial charge in [-0.1, -0.05) is 17.3 Å². The molecule has 1 aliphatic rings. The van der Waals surface area contributed by atoms with Crippen LogP contribution in [0.25, 0.3) is 0 Å². The van der Waals surface area contributed by atoms with Crippen molar-refractivity contribution < 1.29 is 22.4 Å². The second-order valence-corrected chi connectivity index (χ2v) is 5.83. The highest BCUT2D eigenvalue weighted by Gasteiger charge is 2.71. The van der Waals surface area contributed by atoms with Crippen molar-refractivity contribution in [3.63, 3.8) is 0 Å². The Balaban J connectivity index is 2.31. The number of halogens is 2. The molecular formula is C10H11F2N3O3S. The fourth-order valence-corrected chi connectivity index (χ4v) is 2.55. The van der Waals surface area contributed by atoms with Gasteiger partial charge in [-0.15, -0.1) is 0 Å². The monoisotopic (exact) mass is 291 g/mol. The van der Waals surface area contributed by atoms with Crippen molar-refractivity contribution in [2.24, 2.45) is 21.9 Å². The predicted octanol–water partition coefficient (Wildman–Crippen LogP) is 0.429. The minimum atomic E-state index is -3.86. The van der Waals surface area contributed by atoms with Crippen LogP contribution in [0.2, 0.25) is 0 Å². The Bertz CT molecular complexity index is 628. The topological polar surface area (TPSA) is 119 Å². The number of sulfonamides is 1. The van der Waals surface area contributed by atoms with Gasteiger partial charge in [0, 0.05) is 0 Å². The molecule has 2 unspecified atom stereocenters. The third kappa shape index (κ3) is 2.26. The number of nitrogens with two attached hydrogens (primary N) is 2. The van der Waals surface area contributed by atoms with Gasteiger partial charge in [0.1, 0.15) is 5.84 Å². The van der Waals surface area contributed by atoms with Gasteiger partial charge in [0.25, 0.3) is 5.92 Å². The van der Waals surface area contributed by atoms with E-state index >= 15 is 0 Å². The summed E-state index contributed by atoms with van der Waals surface area (Å²) in [5.74, 6) is -6.26. The molecule has 9 heteroatoms. The van der Waals surface area contributed by atoms with Crippen LogP contribution in [0.4, 0.5) is 8.78 Å². The van der Waals surface area contributed by atoms with E-state index in [4.69, 9.17) is 16.1 Å². The lowest BCUT2D eigenvalue weighted by molar-refractivity contribution is 0.103. The van der Waals surface area contributed by atoms with Gasteiger partial charge >= 0.3 is 0 Å². The molecular weight excluding hydrogens is 280 g/mol. The summed E-state index contributed by atoms with van der Waals surface area (Å²) in [6.07, 6.45) is 0. The van der Waals surface area contributed by atoms with Crippen LogP contribution in [-0.2, 0) is 10.0 Å². The van der Waals surface area contributed by atoms with Crippen LogP contribution in [0, 0.1) is 5.92 Å². The maximum absolute atomic E-state index is 13.5. The van der Waals surface area contributed by atoms with E-state index in [2.05, 4.69) is 5.16 Å². The Hall–Kier alpha value is -1.74. The van der Waals surface area contributed by atoms with E-state index in [-0.39, 0.29) is 10.5 Å². The first kappa shape index (κ1) is 13.7. The van der Waals surface area contributed by atoms with Gasteiger partial charge in [0.05, 0.1) is 16.7 Å². The Kier molecular flexibility index (Phi) is 2.98. The van der Waals surface area contributed by atoms with Gasteiger partial charge in [-0.25, -0.2) is 22.3 Å². The molecule has 1 aliphatic carbocycles. The SMILES string of the molecule is NC(=NO)C1C(c2ccc(S(N)(=O)=O)cc2)C1(F)F. The standard InChI is InChI=1S/C10H11F2N3O3S/c11-10(12)7(8(10)9(13)15-16)5-1-3-6(4-2-5)19(14,17)18/h1-4,7-8,16H,(H2,13,15)(H2,14,17,18). The van der Waals surface area contributed by atoms with E-state index in [1.807, 2.05) is 0 Å². The second kappa shape index (κ2) is 4.14. The van der Waals surface area contributed by atoms with E-state index in [9.17, 15) is 17.2 Å². The van der Waals surface area contributed by atoms with Crippen molar-refractivity contribution in [1.29, 1.82) is 0 Å². The Labute approximate surface area is 107 Å². The van der Waals surface area contributed by atoms with Crippen LogP contribution in [0.15, 0.2) is 34.3 Å². The van der Waals surface area contributed by atoms with E-state index in [0.717, 1.165) is 12.1 Å². The quantitative estimate of drug-likeness (QED) is 0.324. The summed E-state index contributed by atoms with van der Waals surface area (Å²) in [5, 5.41) is 15.9. The minimum absolute atomic E-state index is 0.166. The molecule has 0 spiro atoms. The van der Waals surface area contributed by atoms with E-state index < -0.39 is 33.6 Å². The maximum atomic E-state index is 13.5. The smallest absolute Gasteiger partial charge is 0.266 e. The summed E-state index contributed by atoms with van der Waals surface area (Å²) in [6.45, 7) is 0. The fourth-order valence-electron chi connectivity index (χ4n) is 2.04. The van der Waals surface area contributed by atoms with Crippen LogP contribution in [0.5, 0.6) is 0 Å². The summed E-state index contributed by atoms with van der Waals surface area (Å²) in [7, 11) is -3.86. The summed E-state index contributed by atoms with van der Waals surface area (Å²) in [4.78, 5) is -0.166. The van der Waals surface area contributed by atoms with Crippen molar-refractivity contribution in [3.05, 3.63) is 29.8 Å². The van der Waals surface area contributed by atoms with Crippen molar-refractivity contribution in [3.8, 4) is 0 Å². The highest BCUT2D eigenvalue weighted by atomic mass is 32.2. The summed E-state index contributed by atoms with van der Waals surface area (Å²) in [5.41, 5.74) is 5.39. The zero-order chi connectivity index (χ0) is 14.4. The van der Waals surface area contributed by atoms with Crippen LogP contribution >= 0.6 is 0 Å². The Morgan fingerprint density at radius 1 is 1.32 bits per heavy atom. The number of hydrogen-bond acceptors (Lipinski definition) is 4. The normalized spacial score (nSPS) is 26.2. The number of hydrogen-bond donors (Lipinski definition) is 3. The van der Waals surface area contributed by atoms with E-state index in [1.165, 1.54) is 12.1 Å². The molecule has 2 atom stereocenters. The average molecular weight is 291 g/mol. The first-order chi connectivity index (χ1) is 8.69. The molecule has 0 aliphatic heterocycles. The Morgan fingerprint density at radius 2 is 1.84 bits per heavy atom. The number of alkyl halides is 2. The number of nitrogens with zero attached hydrogens (tertiary/aromatic N) is 1. The van der Waals surface area contributed by atoms with Crippen LogP contribution < -0.4 is 10.9 Å². The van der Waals surface area contributed by atoms with Gasteiger partial charge in [0.2, 0.25) is 10.0 Å². The molecule has 6 nitrogen and oxygen atoms in total. The van der Waals surface area contributed by atoms with Gasteiger partial charge in [-0.3, -0.25) is 0 Å². The lowest BCUT2D eigenvalue weighted by Gasteiger charge is -2.01. The third-order valence-corrected chi connectivity index (χ3v) is 3.98. The van der Waals surface area contributed by atoms with E-state index in [1.54, 1.807) is 0 Å². The number of rotatable bonds is 3. The molecule has 1 aromatic carbocycles. The summed E-state index contributed by atoms with van der Waals surface area (Å²) >= 11 is 0. The molecule has 1 fully saturated rings. The van der Waals surface area contributed by atoms with Gasteiger partial charge in [0.15, 0.2) is 0 Å². The minimum Gasteiger partial charge on any atom is -0.409 e. The summed E-state index contributed by atoms with van der Waals surface area (Å²) in [6, 6.07) is 4.76. The fraction of sp³-hybridized carbons (Fsp3) is 0.300. The van der Waals surface area contributed by atoms with Crippen molar-refractivity contribution in [1.82, 2.24) is 0 Å². The molecule has 0 radical (unpaired) electrons. The van der Waals surface area contributed by atoms with Crippen LogP contribution in [0.3, 0.4) is 0 Å². The number of primary sulfonamides is 1. The highest BCUT2D eigenvalue weighted by molar-refractivity contribution is 7.89. The molecule has 5 N–H and O–H groups in total. The molecule has 0 aromatic heterocycles. The van der Waals surface area contributed by atoms with Crippen molar-refractivity contribution in [2.45, 2.75) is 16.7 Å². The van der Waals surface area contributed by atoms with Gasteiger partial charge in [-0.05, 0) is 17.7 Å². The van der Waals surface area contributed by atoms with Crippen molar-refractivity contribution >= 4 is 15.9 Å². The molecule has 0 amide bonds. The lowest BCUT2D eigenvalue weighted by Crippen LogP contribution is -2.18. The number of benzene rings is 1. The van der Waals surface area contributed by atoms with Crippen LogP contribution in [0.1, 0.15) is 11.5 Å². The zero-order valence-corrected chi connectivity index (χ0v) is 10.3. The highest BCUT2D eigenvalue weighted by Crippen LogP contribution is 2.61. The second-order valence-electron chi connectivity index (χ2n) is 4.27. The first-order valence-corrected chi connectivity index (χ1v) is 6.72. The lowest BCUT2D eigenvalue weighted by atomic mass is 10.1. The molecule has 1 aromatic rings. The van der Waals surface area contributed by atoms with Crippen LogP contribution in [-0.4, -0.2) is 25.4 Å². The van der Waals surface area contributed by atoms with Crippen molar-refractivity contribution in [2.75, 3.05) is 0 Å². The molecule has 0 saturated heterocycles. The first-order valence-electron chi connectivity index (χ1n) is 5.17. The average Bonchev–Trinajstić information content (AvgIpc) is 2.90. The van der Waals surface area contributed by atoms with Gasteiger partial charge in [-0.2, -0.15) is 0 Å². The third-order valence-electron chi connectivity index (χ3n) is 3.06.